The van der Waals surface area contributed by atoms with Gasteiger partial charge in [-0.2, -0.15) is 4.31 Å². The van der Waals surface area contributed by atoms with Gasteiger partial charge in [-0.05, 0) is 19.9 Å². The van der Waals surface area contributed by atoms with Crippen molar-refractivity contribution in [2.75, 3.05) is 40.0 Å². The van der Waals surface area contributed by atoms with Gasteiger partial charge >= 0.3 is 0 Å². The van der Waals surface area contributed by atoms with Crippen LogP contribution in [-0.4, -0.2) is 69.6 Å². The molecule has 7 heteroatoms. The minimum absolute atomic E-state index is 0.0741. The Morgan fingerprint density at radius 3 is 2.71 bits per heavy atom. The summed E-state index contributed by atoms with van der Waals surface area (Å²) in [5.74, 6) is -0.127. The Bertz CT molecular complexity index is 369. The van der Waals surface area contributed by atoms with Crippen molar-refractivity contribution in [3.63, 3.8) is 0 Å². The van der Waals surface area contributed by atoms with E-state index < -0.39 is 10.0 Å². The molecule has 1 aliphatic heterocycles. The first-order chi connectivity index (χ1) is 7.84. The Balaban J connectivity index is 2.53. The predicted octanol–water partition coefficient (Wildman–Crippen LogP) is -0.912. The van der Waals surface area contributed by atoms with Crippen molar-refractivity contribution in [2.24, 2.45) is 0 Å². The molecule has 1 saturated heterocycles. The molecule has 1 aliphatic rings. The van der Waals surface area contributed by atoms with E-state index in [1.807, 2.05) is 7.05 Å². The zero-order chi connectivity index (χ0) is 13.1. The lowest BCUT2D eigenvalue weighted by molar-refractivity contribution is -0.132. The van der Waals surface area contributed by atoms with Gasteiger partial charge in [0.2, 0.25) is 15.9 Å². The van der Waals surface area contributed by atoms with Crippen LogP contribution in [-0.2, 0) is 14.8 Å². The van der Waals surface area contributed by atoms with Crippen molar-refractivity contribution in [1.82, 2.24) is 14.5 Å². The summed E-state index contributed by atoms with van der Waals surface area (Å²) in [5.41, 5.74) is 0. The third-order valence-electron chi connectivity index (χ3n) is 3.11. The molecule has 0 spiro atoms. The molecule has 1 fully saturated rings. The van der Waals surface area contributed by atoms with Crippen molar-refractivity contribution >= 4 is 15.9 Å². The third kappa shape index (κ3) is 4.25. The number of carbonyl (C=O) groups is 1. The maximum absolute atomic E-state index is 11.9. The van der Waals surface area contributed by atoms with Crippen LogP contribution in [0.25, 0.3) is 0 Å². The molecule has 1 unspecified atom stereocenters. The van der Waals surface area contributed by atoms with Gasteiger partial charge in [-0.15, -0.1) is 0 Å². The van der Waals surface area contributed by atoms with Crippen LogP contribution in [0.15, 0.2) is 0 Å². The number of likely N-dealkylation sites (tertiary alicyclic amines) is 1. The minimum atomic E-state index is -3.29. The number of likely N-dealkylation sites (N-methyl/N-ethyl adjacent to an activating group) is 2. The summed E-state index contributed by atoms with van der Waals surface area (Å²) in [6, 6.07) is 0.316. The number of amides is 1. The van der Waals surface area contributed by atoms with Crippen molar-refractivity contribution < 1.29 is 13.2 Å². The smallest absolute Gasteiger partial charge is 0.237 e. The first-order valence-corrected chi connectivity index (χ1v) is 7.55. The van der Waals surface area contributed by atoms with E-state index in [1.54, 1.807) is 4.90 Å². The summed E-state index contributed by atoms with van der Waals surface area (Å²) in [6.07, 6.45) is 3.12. The second-order valence-corrected chi connectivity index (χ2v) is 6.58. The van der Waals surface area contributed by atoms with Crippen molar-refractivity contribution in [3.8, 4) is 0 Å². The quantitative estimate of drug-likeness (QED) is 0.713. The van der Waals surface area contributed by atoms with E-state index in [9.17, 15) is 13.2 Å². The van der Waals surface area contributed by atoms with Gasteiger partial charge in [-0.3, -0.25) is 4.79 Å². The van der Waals surface area contributed by atoms with E-state index in [0.717, 1.165) is 23.4 Å². The fourth-order valence-electron chi connectivity index (χ4n) is 1.85. The molecule has 1 amide bonds. The third-order valence-corrected chi connectivity index (χ3v) is 4.37. The molecule has 0 bridgehead atoms. The maximum Gasteiger partial charge on any atom is 0.237 e. The Labute approximate surface area is 103 Å². The fourth-order valence-corrected chi connectivity index (χ4v) is 2.19. The SMILES string of the molecule is CNC1CCCN(C(=O)CN(C)S(C)(=O)=O)C1. The molecule has 100 valence electrons. The van der Waals surface area contributed by atoms with Gasteiger partial charge in [0.05, 0.1) is 12.8 Å². The highest BCUT2D eigenvalue weighted by Crippen LogP contribution is 2.10. The number of hydrogen-bond donors (Lipinski definition) is 1. The summed E-state index contributed by atoms with van der Waals surface area (Å²) in [5, 5.41) is 3.15. The van der Waals surface area contributed by atoms with E-state index >= 15 is 0 Å². The van der Waals surface area contributed by atoms with Crippen LogP contribution in [0, 0.1) is 0 Å². The zero-order valence-electron chi connectivity index (χ0n) is 10.6. The topological polar surface area (TPSA) is 69.7 Å². The summed E-state index contributed by atoms with van der Waals surface area (Å²) < 4.78 is 23.5. The van der Waals surface area contributed by atoms with Crippen molar-refractivity contribution in [1.29, 1.82) is 0 Å². The lowest BCUT2D eigenvalue weighted by Crippen LogP contribution is -2.49. The van der Waals surface area contributed by atoms with E-state index in [-0.39, 0.29) is 12.5 Å². The Hall–Kier alpha value is -0.660. The fraction of sp³-hybridized carbons (Fsp3) is 0.900. The van der Waals surface area contributed by atoms with Gasteiger partial charge < -0.3 is 10.2 Å². The molecule has 0 aromatic heterocycles. The van der Waals surface area contributed by atoms with Crippen LogP contribution in [0.4, 0.5) is 0 Å². The van der Waals surface area contributed by atoms with E-state index in [1.165, 1.54) is 7.05 Å². The molecule has 0 aromatic carbocycles. The van der Waals surface area contributed by atoms with Crippen LogP contribution in [0.3, 0.4) is 0 Å². The molecule has 0 aromatic rings. The Kier molecular flexibility index (Phi) is 4.91. The molecule has 1 N–H and O–H groups in total. The van der Waals surface area contributed by atoms with Crippen LogP contribution >= 0.6 is 0 Å². The average Bonchev–Trinajstić information content (AvgIpc) is 2.27. The van der Waals surface area contributed by atoms with Gasteiger partial charge in [-0.25, -0.2) is 8.42 Å². The summed E-state index contributed by atoms with van der Waals surface area (Å²) in [4.78, 5) is 13.6. The first-order valence-electron chi connectivity index (χ1n) is 5.71. The molecule has 1 atom stereocenters. The number of nitrogens with zero attached hydrogens (tertiary/aromatic N) is 2. The molecular formula is C10H21N3O3S. The summed E-state index contributed by atoms with van der Waals surface area (Å²) in [6.45, 7) is 1.30. The largest absolute Gasteiger partial charge is 0.340 e. The van der Waals surface area contributed by atoms with E-state index in [4.69, 9.17) is 0 Å². The lowest BCUT2D eigenvalue weighted by Gasteiger charge is -2.33. The highest BCUT2D eigenvalue weighted by molar-refractivity contribution is 7.88. The molecular weight excluding hydrogens is 242 g/mol. The van der Waals surface area contributed by atoms with Gasteiger partial charge in [0.1, 0.15) is 0 Å². The number of hydrogen-bond acceptors (Lipinski definition) is 4. The second-order valence-electron chi connectivity index (χ2n) is 4.49. The van der Waals surface area contributed by atoms with Crippen LogP contribution in [0.1, 0.15) is 12.8 Å². The zero-order valence-corrected chi connectivity index (χ0v) is 11.5. The Morgan fingerprint density at radius 1 is 1.53 bits per heavy atom. The number of carbonyl (C=O) groups excluding carboxylic acids is 1. The lowest BCUT2D eigenvalue weighted by atomic mass is 10.1. The molecule has 1 heterocycles. The van der Waals surface area contributed by atoms with Gasteiger partial charge in [0.25, 0.3) is 0 Å². The van der Waals surface area contributed by atoms with E-state index in [2.05, 4.69) is 5.32 Å². The number of piperidine rings is 1. The normalized spacial score (nSPS) is 21.9. The van der Waals surface area contributed by atoms with Crippen LogP contribution in [0.2, 0.25) is 0 Å². The number of rotatable bonds is 4. The maximum atomic E-state index is 11.9. The molecule has 1 rings (SSSR count). The highest BCUT2D eigenvalue weighted by atomic mass is 32.2. The molecule has 17 heavy (non-hydrogen) atoms. The summed E-state index contributed by atoms with van der Waals surface area (Å²) >= 11 is 0. The van der Waals surface area contributed by atoms with Gasteiger partial charge in [0.15, 0.2) is 0 Å². The highest BCUT2D eigenvalue weighted by Gasteiger charge is 2.24. The molecule has 6 nitrogen and oxygen atoms in total. The second kappa shape index (κ2) is 5.79. The number of nitrogens with one attached hydrogen (secondary N) is 1. The van der Waals surface area contributed by atoms with Crippen molar-refractivity contribution in [2.45, 2.75) is 18.9 Å². The molecule has 0 radical (unpaired) electrons. The number of sulfonamides is 1. The van der Waals surface area contributed by atoms with Gasteiger partial charge in [-0.1, -0.05) is 0 Å². The minimum Gasteiger partial charge on any atom is -0.340 e. The molecule has 0 saturated carbocycles. The molecule has 0 aliphatic carbocycles. The predicted molar refractivity (Wildman–Crippen MR) is 66.1 cm³/mol. The van der Waals surface area contributed by atoms with E-state index in [0.29, 0.717) is 19.1 Å². The van der Waals surface area contributed by atoms with Crippen LogP contribution < -0.4 is 5.32 Å². The first kappa shape index (κ1) is 14.4. The summed E-state index contributed by atoms with van der Waals surface area (Å²) in [7, 11) is 0.0142. The van der Waals surface area contributed by atoms with Crippen molar-refractivity contribution in [3.05, 3.63) is 0 Å². The average molecular weight is 263 g/mol. The Morgan fingerprint density at radius 2 is 2.18 bits per heavy atom. The van der Waals surface area contributed by atoms with Gasteiger partial charge in [0, 0.05) is 26.2 Å². The monoisotopic (exact) mass is 263 g/mol. The standard InChI is InChI=1S/C10H21N3O3S/c1-11-9-5-4-6-13(7-9)10(14)8-12(2)17(3,15)16/h9,11H,4-8H2,1-3H3. The van der Waals surface area contributed by atoms with Crippen LogP contribution in [0.5, 0.6) is 0 Å².